The number of likely N-dealkylation sites (tertiary alicyclic amines) is 1. The maximum atomic E-state index is 13.5. The van der Waals surface area contributed by atoms with Gasteiger partial charge < -0.3 is 20.3 Å². The van der Waals surface area contributed by atoms with Gasteiger partial charge in [-0.1, -0.05) is 11.6 Å². The first-order chi connectivity index (χ1) is 17.0. The first-order valence-electron chi connectivity index (χ1n) is 11.6. The Morgan fingerprint density at radius 3 is 2.97 bits per heavy atom. The molecule has 35 heavy (non-hydrogen) atoms. The Hall–Kier alpha value is -2.79. The normalized spacial score (nSPS) is 16.5. The zero-order chi connectivity index (χ0) is 24.5. The van der Waals surface area contributed by atoms with E-state index >= 15 is 0 Å². The van der Waals surface area contributed by atoms with Crippen LogP contribution in [0.15, 0.2) is 29.2 Å². The molecule has 1 aromatic carbocycles. The first-order valence-corrected chi connectivity index (χ1v) is 12.8. The molecule has 11 heteroatoms. The third-order valence-electron chi connectivity index (χ3n) is 6.49. The van der Waals surface area contributed by atoms with Gasteiger partial charge in [0.05, 0.1) is 22.2 Å². The van der Waals surface area contributed by atoms with E-state index in [9.17, 15) is 9.59 Å². The van der Waals surface area contributed by atoms with Crippen molar-refractivity contribution in [2.75, 3.05) is 45.7 Å². The fourth-order valence-corrected chi connectivity index (χ4v) is 5.98. The van der Waals surface area contributed by atoms with Gasteiger partial charge in [0.1, 0.15) is 10.4 Å². The van der Waals surface area contributed by atoms with Crippen molar-refractivity contribution in [1.82, 2.24) is 24.6 Å². The van der Waals surface area contributed by atoms with Gasteiger partial charge in [-0.15, -0.1) is 11.3 Å². The number of nitrogens with one attached hydrogen (secondary N) is 2. The molecule has 4 aromatic rings. The van der Waals surface area contributed by atoms with Crippen LogP contribution in [0, 0.1) is 0 Å². The number of halogens is 1. The SMILES string of the molecule is COCCNc1ncc2c(=O)c(C(=O)NCCC3CCCN3C)c3sc4ccc(Cl)cc4n3c2n1. The van der Waals surface area contributed by atoms with E-state index in [1.165, 1.54) is 24.0 Å². The van der Waals surface area contributed by atoms with Crippen molar-refractivity contribution >= 4 is 60.9 Å². The Morgan fingerprint density at radius 1 is 1.34 bits per heavy atom. The third-order valence-corrected chi connectivity index (χ3v) is 7.87. The molecule has 1 saturated heterocycles. The van der Waals surface area contributed by atoms with Crippen LogP contribution in [0.5, 0.6) is 0 Å². The summed E-state index contributed by atoms with van der Waals surface area (Å²) < 4.78 is 7.82. The van der Waals surface area contributed by atoms with Gasteiger partial charge in [0.25, 0.3) is 5.91 Å². The van der Waals surface area contributed by atoms with Crippen molar-refractivity contribution in [2.24, 2.45) is 0 Å². The summed E-state index contributed by atoms with van der Waals surface area (Å²) in [4.78, 5) is 38.7. The van der Waals surface area contributed by atoms with Crippen LogP contribution in [0.25, 0.3) is 26.1 Å². The van der Waals surface area contributed by atoms with Crippen molar-refractivity contribution in [2.45, 2.75) is 25.3 Å². The van der Waals surface area contributed by atoms with Crippen LogP contribution < -0.4 is 16.1 Å². The summed E-state index contributed by atoms with van der Waals surface area (Å²) in [6.07, 6.45) is 4.63. The second-order valence-corrected chi connectivity index (χ2v) is 10.2. The maximum Gasteiger partial charge on any atom is 0.258 e. The largest absolute Gasteiger partial charge is 0.383 e. The molecular formula is C24H27ClN6O3S. The number of fused-ring (bicyclic) bond motifs is 5. The number of pyridine rings is 1. The number of nitrogens with zero attached hydrogens (tertiary/aromatic N) is 4. The Kier molecular flexibility index (Phi) is 6.88. The minimum atomic E-state index is -0.380. The first kappa shape index (κ1) is 23.9. The molecule has 1 amide bonds. The summed E-state index contributed by atoms with van der Waals surface area (Å²) in [6.45, 7) is 2.60. The van der Waals surface area contributed by atoms with E-state index in [-0.39, 0.29) is 22.3 Å². The number of amides is 1. The minimum Gasteiger partial charge on any atom is -0.383 e. The van der Waals surface area contributed by atoms with Gasteiger partial charge in [-0.25, -0.2) is 4.98 Å². The summed E-state index contributed by atoms with van der Waals surface area (Å²) in [5.41, 5.74) is 0.943. The van der Waals surface area contributed by atoms with Crippen LogP contribution >= 0.6 is 22.9 Å². The number of carbonyl (C=O) groups is 1. The van der Waals surface area contributed by atoms with Gasteiger partial charge in [0, 0.05) is 37.5 Å². The highest BCUT2D eigenvalue weighted by atomic mass is 35.5. The number of hydrogen-bond acceptors (Lipinski definition) is 8. The Bertz CT molecular complexity index is 1470. The number of aromatic nitrogens is 3. The van der Waals surface area contributed by atoms with Crippen LogP contribution in [-0.2, 0) is 4.74 Å². The number of ether oxygens (including phenoxy) is 1. The van der Waals surface area contributed by atoms with E-state index in [2.05, 4.69) is 32.5 Å². The lowest BCUT2D eigenvalue weighted by molar-refractivity contribution is 0.0951. The van der Waals surface area contributed by atoms with Crippen LogP contribution in [0.4, 0.5) is 5.95 Å². The standard InChI is InChI=1S/C24H27ClN6O3S/c1-30-10-3-4-15(30)7-8-26-22(33)19-20(32)16-13-28-24(27-9-11-34-2)29-21(16)31-17-12-14(25)5-6-18(17)35-23(19)31/h5-6,12-13,15H,3-4,7-11H2,1-2H3,(H,26,33)(H,27,28,29). The van der Waals surface area contributed by atoms with Gasteiger partial charge >= 0.3 is 0 Å². The van der Waals surface area contributed by atoms with Crippen LogP contribution in [0.2, 0.25) is 5.02 Å². The highest BCUT2D eigenvalue weighted by molar-refractivity contribution is 7.24. The number of carbonyl (C=O) groups excluding carboxylic acids is 1. The molecule has 0 radical (unpaired) electrons. The lowest BCUT2D eigenvalue weighted by atomic mass is 10.1. The van der Waals surface area contributed by atoms with Crippen LogP contribution in [0.1, 0.15) is 29.6 Å². The van der Waals surface area contributed by atoms with E-state index in [4.69, 9.17) is 16.3 Å². The van der Waals surface area contributed by atoms with E-state index in [1.807, 2.05) is 16.5 Å². The fraction of sp³-hybridized carbons (Fsp3) is 0.417. The van der Waals surface area contributed by atoms with Gasteiger partial charge in [-0.05, 0) is 51.1 Å². The molecule has 3 aromatic heterocycles. The van der Waals surface area contributed by atoms with Gasteiger partial charge in [-0.2, -0.15) is 4.98 Å². The topological polar surface area (TPSA) is 101 Å². The molecule has 1 unspecified atom stereocenters. The molecule has 1 atom stereocenters. The zero-order valence-electron chi connectivity index (χ0n) is 19.6. The van der Waals surface area contributed by atoms with E-state index in [0.717, 1.165) is 29.6 Å². The Morgan fingerprint density at radius 2 is 2.20 bits per heavy atom. The predicted molar refractivity (Wildman–Crippen MR) is 140 cm³/mol. The van der Waals surface area contributed by atoms with Crippen molar-refractivity contribution in [3.8, 4) is 0 Å². The second kappa shape index (κ2) is 10.1. The quantitative estimate of drug-likeness (QED) is 0.348. The highest BCUT2D eigenvalue weighted by Crippen LogP contribution is 2.32. The summed E-state index contributed by atoms with van der Waals surface area (Å²) in [5, 5.41) is 6.92. The van der Waals surface area contributed by atoms with Gasteiger partial charge in [0.2, 0.25) is 11.4 Å². The number of methoxy groups -OCH3 is 1. The molecule has 0 spiro atoms. The van der Waals surface area contributed by atoms with Gasteiger partial charge in [0.15, 0.2) is 5.65 Å². The van der Waals surface area contributed by atoms with Crippen molar-refractivity contribution in [3.05, 3.63) is 45.2 Å². The van der Waals surface area contributed by atoms with E-state index < -0.39 is 0 Å². The average Bonchev–Trinajstić information content (AvgIpc) is 3.42. The summed E-state index contributed by atoms with van der Waals surface area (Å²) in [7, 11) is 3.73. The smallest absolute Gasteiger partial charge is 0.258 e. The summed E-state index contributed by atoms with van der Waals surface area (Å²) in [6, 6.07) is 5.96. The van der Waals surface area contributed by atoms with Gasteiger partial charge in [-0.3, -0.25) is 14.0 Å². The molecule has 5 rings (SSSR count). The lowest BCUT2D eigenvalue weighted by Gasteiger charge is -2.19. The Balaban J connectivity index is 1.60. The molecule has 2 N–H and O–H groups in total. The minimum absolute atomic E-state index is 0.110. The highest BCUT2D eigenvalue weighted by Gasteiger charge is 2.24. The molecule has 4 heterocycles. The molecule has 0 aliphatic carbocycles. The van der Waals surface area contributed by atoms with Crippen LogP contribution in [-0.4, -0.2) is 71.6 Å². The number of thiazole rings is 1. The molecule has 9 nitrogen and oxygen atoms in total. The monoisotopic (exact) mass is 514 g/mol. The molecule has 0 bridgehead atoms. The lowest BCUT2D eigenvalue weighted by Crippen LogP contribution is -2.34. The van der Waals surface area contributed by atoms with E-state index in [1.54, 1.807) is 13.2 Å². The maximum absolute atomic E-state index is 13.5. The molecule has 184 valence electrons. The summed E-state index contributed by atoms with van der Waals surface area (Å²) in [5.74, 6) is -0.00277. The van der Waals surface area contributed by atoms with Crippen molar-refractivity contribution in [3.63, 3.8) is 0 Å². The summed E-state index contributed by atoms with van der Waals surface area (Å²) >= 11 is 7.68. The number of rotatable bonds is 8. The average molecular weight is 515 g/mol. The van der Waals surface area contributed by atoms with Crippen LogP contribution in [0.3, 0.4) is 0 Å². The Labute approximate surface area is 211 Å². The zero-order valence-corrected chi connectivity index (χ0v) is 21.2. The van der Waals surface area contributed by atoms with E-state index in [0.29, 0.717) is 47.2 Å². The number of hydrogen-bond donors (Lipinski definition) is 2. The number of benzene rings is 1. The molecule has 1 fully saturated rings. The second-order valence-electron chi connectivity index (χ2n) is 8.73. The number of anilines is 1. The molecular weight excluding hydrogens is 488 g/mol. The molecule has 1 aliphatic rings. The van der Waals surface area contributed by atoms with Crippen molar-refractivity contribution < 1.29 is 9.53 Å². The third kappa shape index (κ3) is 4.58. The van der Waals surface area contributed by atoms with Crippen molar-refractivity contribution in [1.29, 1.82) is 0 Å². The predicted octanol–water partition coefficient (Wildman–Crippen LogP) is 3.38. The molecule has 1 aliphatic heterocycles. The molecule has 0 saturated carbocycles. The fourth-order valence-electron chi connectivity index (χ4n) is 4.65.